The predicted octanol–water partition coefficient (Wildman–Crippen LogP) is 0.540. The van der Waals surface area contributed by atoms with Gasteiger partial charge in [-0.3, -0.25) is 19.5 Å². The summed E-state index contributed by atoms with van der Waals surface area (Å²) < 4.78 is 5.28. The van der Waals surface area contributed by atoms with Crippen molar-refractivity contribution in [1.82, 2.24) is 24.6 Å². The number of ether oxygens (including phenoxy) is 1. The molecule has 4 rings (SSSR count). The highest BCUT2D eigenvalue weighted by molar-refractivity contribution is 5.94. The maximum atomic E-state index is 13.2. The monoisotopic (exact) mass is 423 g/mol. The van der Waals surface area contributed by atoms with Gasteiger partial charge in [-0.25, -0.2) is 0 Å². The third-order valence-electron chi connectivity index (χ3n) is 6.47. The number of rotatable bonds is 4. The topological polar surface area (TPSA) is 69.2 Å². The van der Waals surface area contributed by atoms with Gasteiger partial charge in [-0.1, -0.05) is 0 Å². The molecule has 0 radical (unpaired) electrons. The molecule has 1 aromatic rings. The van der Waals surface area contributed by atoms with Gasteiger partial charge in [-0.2, -0.15) is 0 Å². The van der Waals surface area contributed by atoms with E-state index in [1.807, 2.05) is 9.80 Å². The van der Waals surface area contributed by atoms with E-state index < -0.39 is 0 Å². The van der Waals surface area contributed by atoms with Gasteiger partial charge in [-0.05, 0) is 19.2 Å². The molecule has 2 amide bonds. The van der Waals surface area contributed by atoms with Crippen LogP contribution >= 0.6 is 12.4 Å². The standard InChI is InChI=1S/C20H29N5O3.ClH/c1-22-11-12-24-17(15-22)19(27)25(13-14-28-2)20(24)5-9-23(10-6-20)18(26)16-3-7-21-8-4-16;/h3-4,7-8,17H,5-6,9-15H2,1-2H3;1H/t17-;/m1./s1. The largest absolute Gasteiger partial charge is 0.383 e. The minimum absolute atomic E-state index is 0. The second-order valence-electron chi connectivity index (χ2n) is 7.96. The Hall–Kier alpha value is -1.74. The van der Waals surface area contributed by atoms with E-state index in [0.717, 1.165) is 32.5 Å². The van der Waals surface area contributed by atoms with Crippen LogP contribution < -0.4 is 0 Å². The van der Waals surface area contributed by atoms with Crippen LogP contribution in [0.5, 0.6) is 0 Å². The summed E-state index contributed by atoms with van der Waals surface area (Å²) in [7, 11) is 3.75. The maximum Gasteiger partial charge on any atom is 0.253 e. The van der Waals surface area contributed by atoms with E-state index in [1.165, 1.54) is 0 Å². The summed E-state index contributed by atoms with van der Waals surface area (Å²) in [6.07, 6.45) is 4.85. The Morgan fingerprint density at radius 2 is 1.90 bits per heavy atom. The number of piperazine rings is 1. The number of nitrogens with zero attached hydrogens (tertiary/aromatic N) is 5. The first-order valence-corrected chi connectivity index (χ1v) is 10.0. The smallest absolute Gasteiger partial charge is 0.253 e. The number of carbonyl (C=O) groups is 2. The SMILES string of the molecule is COCCN1C(=O)[C@H]2CN(C)CCN2C12CCN(C(=O)c1ccncc1)CC2.Cl. The molecule has 3 saturated heterocycles. The summed E-state index contributed by atoms with van der Waals surface area (Å²) in [5, 5.41) is 0. The molecule has 1 atom stereocenters. The molecular weight excluding hydrogens is 394 g/mol. The number of pyridine rings is 1. The molecule has 0 N–H and O–H groups in total. The van der Waals surface area contributed by atoms with Crippen LogP contribution in [0.25, 0.3) is 0 Å². The molecule has 0 saturated carbocycles. The van der Waals surface area contributed by atoms with Crippen LogP contribution in [-0.2, 0) is 9.53 Å². The van der Waals surface area contributed by atoms with E-state index >= 15 is 0 Å². The first kappa shape index (κ1) is 22.0. The van der Waals surface area contributed by atoms with Gasteiger partial charge in [-0.15, -0.1) is 12.4 Å². The molecule has 0 aliphatic carbocycles. The lowest BCUT2D eigenvalue weighted by Gasteiger charge is -2.50. The van der Waals surface area contributed by atoms with Crippen molar-refractivity contribution in [3.63, 3.8) is 0 Å². The zero-order valence-electron chi connectivity index (χ0n) is 17.1. The van der Waals surface area contributed by atoms with Gasteiger partial charge in [0.2, 0.25) is 5.91 Å². The number of likely N-dealkylation sites (N-methyl/N-ethyl adjacent to an activating group) is 1. The molecule has 8 nitrogen and oxygen atoms in total. The second-order valence-corrected chi connectivity index (χ2v) is 7.96. The van der Waals surface area contributed by atoms with E-state index in [4.69, 9.17) is 4.74 Å². The first-order chi connectivity index (χ1) is 13.6. The minimum Gasteiger partial charge on any atom is -0.383 e. The Kier molecular flexibility index (Phi) is 6.78. The minimum atomic E-state index is -0.295. The van der Waals surface area contributed by atoms with E-state index in [-0.39, 0.29) is 35.9 Å². The fraction of sp³-hybridized carbons (Fsp3) is 0.650. The Bertz CT molecular complexity index is 726. The number of amides is 2. The van der Waals surface area contributed by atoms with Gasteiger partial charge in [0.15, 0.2) is 0 Å². The van der Waals surface area contributed by atoms with Crippen molar-refractivity contribution in [3.8, 4) is 0 Å². The number of methoxy groups -OCH3 is 1. The lowest BCUT2D eigenvalue weighted by molar-refractivity contribution is -0.134. The third kappa shape index (κ3) is 3.86. The molecule has 160 valence electrons. The fourth-order valence-electron chi connectivity index (χ4n) is 4.97. The Balaban J connectivity index is 0.00000240. The molecule has 1 spiro atoms. The highest BCUT2D eigenvalue weighted by Gasteiger charge is 2.58. The number of aromatic nitrogens is 1. The molecule has 1 aromatic heterocycles. The van der Waals surface area contributed by atoms with E-state index in [1.54, 1.807) is 31.6 Å². The van der Waals surface area contributed by atoms with Gasteiger partial charge >= 0.3 is 0 Å². The Morgan fingerprint density at radius 3 is 2.55 bits per heavy atom. The number of carbonyl (C=O) groups excluding carboxylic acids is 2. The summed E-state index contributed by atoms with van der Waals surface area (Å²) in [6.45, 7) is 5.05. The van der Waals surface area contributed by atoms with Crippen molar-refractivity contribution in [2.24, 2.45) is 0 Å². The van der Waals surface area contributed by atoms with Crippen LogP contribution in [0.3, 0.4) is 0 Å². The number of hydrogen-bond donors (Lipinski definition) is 0. The summed E-state index contributed by atoms with van der Waals surface area (Å²) in [5.74, 6) is 0.248. The third-order valence-corrected chi connectivity index (χ3v) is 6.47. The van der Waals surface area contributed by atoms with Crippen LogP contribution in [-0.4, -0.2) is 108 Å². The number of likely N-dealkylation sites (tertiary alicyclic amines) is 1. The number of piperidine rings is 1. The summed E-state index contributed by atoms with van der Waals surface area (Å²) in [4.78, 5) is 38.6. The highest BCUT2D eigenvalue weighted by atomic mass is 35.5. The molecule has 0 bridgehead atoms. The first-order valence-electron chi connectivity index (χ1n) is 10.0. The van der Waals surface area contributed by atoms with Crippen LogP contribution in [0.1, 0.15) is 23.2 Å². The lowest BCUT2D eigenvalue weighted by Crippen LogP contribution is -2.63. The van der Waals surface area contributed by atoms with Gasteiger partial charge in [0.1, 0.15) is 11.7 Å². The molecule has 0 unspecified atom stereocenters. The van der Waals surface area contributed by atoms with Crippen molar-refractivity contribution in [1.29, 1.82) is 0 Å². The van der Waals surface area contributed by atoms with Crippen LogP contribution in [0.4, 0.5) is 0 Å². The summed E-state index contributed by atoms with van der Waals surface area (Å²) in [5.41, 5.74) is 0.374. The molecule has 4 heterocycles. The second kappa shape index (κ2) is 8.95. The molecular formula is C20H30ClN5O3. The number of fused-ring (bicyclic) bond motifs is 2. The maximum absolute atomic E-state index is 13.2. The van der Waals surface area contributed by atoms with Gasteiger partial charge in [0.25, 0.3) is 5.91 Å². The van der Waals surface area contributed by atoms with E-state index in [2.05, 4.69) is 21.8 Å². The molecule has 3 aliphatic heterocycles. The van der Waals surface area contributed by atoms with Gasteiger partial charge in [0.05, 0.1) is 6.61 Å². The Labute approximate surface area is 178 Å². The van der Waals surface area contributed by atoms with Crippen LogP contribution in [0.2, 0.25) is 0 Å². The summed E-state index contributed by atoms with van der Waals surface area (Å²) >= 11 is 0. The fourth-order valence-corrected chi connectivity index (χ4v) is 4.97. The summed E-state index contributed by atoms with van der Waals surface area (Å²) in [6, 6.07) is 3.43. The van der Waals surface area contributed by atoms with E-state index in [0.29, 0.717) is 31.8 Å². The molecule has 3 aliphatic rings. The zero-order valence-corrected chi connectivity index (χ0v) is 17.9. The predicted molar refractivity (Wildman–Crippen MR) is 111 cm³/mol. The Morgan fingerprint density at radius 1 is 1.21 bits per heavy atom. The quantitative estimate of drug-likeness (QED) is 0.704. The average molecular weight is 424 g/mol. The van der Waals surface area contributed by atoms with Crippen molar-refractivity contribution in [2.45, 2.75) is 24.5 Å². The van der Waals surface area contributed by atoms with Gasteiger partial charge in [0, 0.05) is 77.2 Å². The van der Waals surface area contributed by atoms with Crippen LogP contribution in [0, 0.1) is 0 Å². The molecule has 0 aromatic carbocycles. The van der Waals surface area contributed by atoms with Crippen molar-refractivity contribution in [3.05, 3.63) is 30.1 Å². The zero-order chi connectivity index (χ0) is 19.7. The molecule has 9 heteroatoms. The molecule has 29 heavy (non-hydrogen) atoms. The normalized spacial score (nSPS) is 24.5. The lowest BCUT2D eigenvalue weighted by atomic mass is 9.93. The highest BCUT2D eigenvalue weighted by Crippen LogP contribution is 2.41. The number of halogens is 1. The van der Waals surface area contributed by atoms with Gasteiger partial charge < -0.3 is 19.4 Å². The van der Waals surface area contributed by atoms with Crippen molar-refractivity contribution in [2.75, 3.05) is 60.0 Å². The average Bonchev–Trinajstić information content (AvgIpc) is 2.94. The van der Waals surface area contributed by atoms with Crippen molar-refractivity contribution < 1.29 is 14.3 Å². The molecule has 3 fully saturated rings. The number of hydrogen-bond acceptors (Lipinski definition) is 6. The van der Waals surface area contributed by atoms with Crippen LogP contribution in [0.15, 0.2) is 24.5 Å². The van der Waals surface area contributed by atoms with Crippen molar-refractivity contribution >= 4 is 24.2 Å². The van der Waals surface area contributed by atoms with E-state index in [9.17, 15) is 9.59 Å².